The van der Waals surface area contributed by atoms with Gasteiger partial charge < -0.3 is 25.4 Å². The SMILES string of the molecule is CCCCCNC(=O)C(c1ccccc1C)N(CCC)C(=O)C(CO)NC(=O)OC(C)(C)C. The molecule has 2 atom stereocenters. The Morgan fingerprint density at radius 2 is 1.76 bits per heavy atom. The minimum Gasteiger partial charge on any atom is -0.444 e. The molecular weight excluding hydrogens is 422 g/mol. The van der Waals surface area contributed by atoms with Crippen molar-refractivity contribution in [2.45, 2.75) is 84.9 Å². The molecule has 1 aromatic rings. The number of ether oxygens (including phenoxy) is 1. The van der Waals surface area contributed by atoms with Crippen molar-refractivity contribution in [2.24, 2.45) is 0 Å². The summed E-state index contributed by atoms with van der Waals surface area (Å²) in [7, 11) is 0. The molecule has 0 heterocycles. The van der Waals surface area contributed by atoms with Crippen molar-refractivity contribution in [3.8, 4) is 0 Å². The van der Waals surface area contributed by atoms with Gasteiger partial charge in [0.05, 0.1) is 6.61 Å². The van der Waals surface area contributed by atoms with Crippen LogP contribution in [-0.2, 0) is 14.3 Å². The van der Waals surface area contributed by atoms with Crippen LogP contribution in [0.15, 0.2) is 24.3 Å². The number of aryl methyl sites for hydroxylation is 1. The maximum Gasteiger partial charge on any atom is 0.408 e. The van der Waals surface area contributed by atoms with Crippen LogP contribution in [0.25, 0.3) is 0 Å². The molecule has 1 aromatic carbocycles. The Labute approximate surface area is 198 Å². The summed E-state index contributed by atoms with van der Waals surface area (Å²) in [6.07, 6.45) is 2.68. The van der Waals surface area contributed by atoms with Crippen LogP contribution >= 0.6 is 0 Å². The molecule has 0 saturated carbocycles. The fourth-order valence-electron chi connectivity index (χ4n) is 3.47. The summed E-state index contributed by atoms with van der Waals surface area (Å²) in [5, 5.41) is 15.3. The minimum absolute atomic E-state index is 0.281. The van der Waals surface area contributed by atoms with E-state index < -0.39 is 36.3 Å². The first-order valence-corrected chi connectivity index (χ1v) is 11.8. The Hall–Kier alpha value is -2.61. The van der Waals surface area contributed by atoms with Crippen LogP contribution in [0.5, 0.6) is 0 Å². The van der Waals surface area contributed by atoms with Crippen LogP contribution < -0.4 is 10.6 Å². The number of aliphatic hydroxyl groups excluding tert-OH is 1. The van der Waals surface area contributed by atoms with Crippen molar-refractivity contribution >= 4 is 17.9 Å². The average Bonchev–Trinajstić information content (AvgIpc) is 2.74. The van der Waals surface area contributed by atoms with Gasteiger partial charge in [0.25, 0.3) is 0 Å². The smallest absolute Gasteiger partial charge is 0.408 e. The number of hydrogen-bond acceptors (Lipinski definition) is 5. The third kappa shape index (κ3) is 9.42. The van der Waals surface area contributed by atoms with E-state index in [1.165, 1.54) is 4.90 Å². The fourth-order valence-corrected chi connectivity index (χ4v) is 3.47. The normalized spacial score (nSPS) is 13.1. The van der Waals surface area contributed by atoms with E-state index in [-0.39, 0.29) is 12.5 Å². The van der Waals surface area contributed by atoms with Gasteiger partial charge in [0, 0.05) is 13.1 Å². The van der Waals surface area contributed by atoms with Crippen LogP contribution in [0.1, 0.15) is 77.5 Å². The van der Waals surface area contributed by atoms with Crippen molar-refractivity contribution in [1.82, 2.24) is 15.5 Å². The van der Waals surface area contributed by atoms with Gasteiger partial charge in [0.1, 0.15) is 17.7 Å². The van der Waals surface area contributed by atoms with E-state index in [1.807, 2.05) is 38.1 Å². The van der Waals surface area contributed by atoms with Crippen LogP contribution in [0, 0.1) is 6.92 Å². The Balaban J connectivity index is 3.25. The number of aliphatic hydroxyl groups is 1. The van der Waals surface area contributed by atoms with Crippen molar-refractivity contribution in [2.75, 3.05) is 19.7 Å². The molecule has 1 rings (SSSR count). The molecule has 33 heavy (non-hydrogen) atoms. The Bertz CT molecular complexity index is 776. The van der Waals surface area contributed by atoms with Crippen molar-refractivity contribution in [1.29, 1.82) is 0 Å². The summed E-state index contributed by atoms with van der Waals surface area (Å²) in [5.74, 6) is -0.821. The highest BCUT2D eigenvalue weighted by Crippen LogP contribution is 2.26. The quantitative estimate of drug-likeness (QED) is 0.412. The predicted molar refractivity (Wildman–Crippen MR) is 129 cm³/mol. The zero-order valence-corrected chi connectivity index (χ0v) is 20.9. The summed E-state index contributed by atoms with van der Waals surface area (Å²) in [4.78, 5) is 40.5. The predicted octanol–water partition coefficient (Wildman–Crippen LogP) is 3.47. The number of alkyl carbamates (subject to hydrolysis) is 1. The van der Waals surface area contributed by atoms with Gasteiger partial charge in [-0.3, -0.25) is 9.59 Å². The van der Waals surface area contributed by atoms with E-state index in [1.54, 1.807) is 20.8 Å². The molecule has 3 N–H and O–H groups in total. The molecular formula is C25H41N3O5. The zero-order valence-electron chi connectivity index (χ0n) is 20.9. The molecule has 3 amide bonds. The highest BCUT2D eigenvalue weighted by Gasteiger charge is 2.36. The summed E-state index contributed by atoms with van der Waals surface area (Å²) in [5.41, 5.74) is 0.834. The fraction of sp³-hybridized carbons (Fsp3) is 0.640. The number of benzene rings is 1. The van der Waals surface area contributed by atoms with Gasteiger partial charge in [-0.25, -0.2) is 4.79 Å². The Kier molecular flexibility index (Phi) is 11.9. The second-order valence-corrected chi connectivity index (χ2v) is 9.17. The molecule has 0 saturated heterocycles. The highest BCUT2D eigenvalue weighted by atomic mass is 16.6. The first-order chi connectivity index (χ1) is 15.6. The van der Waals surface area contributed by atoms with Crippen molar-refractivity contribution < 1.29 is 24.2 Å². The van der Waals surface area contributed by atoms with E-state index in [4.69, 9.17) is 4.74 Å². The first kappa shape index (κ1) is 28.4. The third-order valence-corrected chi connectivity index (χ3v) is 5.04. The average molecular weight is 464 g/mol. The molecule has 0 aliphatic rings. The lowest BCUT2D eigenvalue weighted by atomic mass is 9.98. The van der Waals surface area contributed by atoms with Gasteiger partial charge in [0.15, 0.2) is 0 Å². The summed E-state index contributed by atoms with van der Waals surface area (Å²) < 4.78 is 5.24. The second kappa shape index (κ2) is 13.8. The molecule has 2 unspecified atom stereocenters. The number of hydrogen-bond donors (Lipinski definition) is 3. The monoisotopic (exact) mass is 463 g/mol. The Morgan fingerprint density at radius 3 is 2.30 bits per heavy atom. The van der Waals surface area contributed by atoms with E-state index in [0.29, 0.717) is 18.5 Å². The Morgan fingerprint density at radius 1 is 1.09 bits per heavy atom. The number of nitrogens with zero attached hydrogens (tertiary/aromatic N) is 1. The van der Waals surface area contributed by atoms with Crippen molar-refractivity contribution in [3.05, 3.63) is 35.4 Å². The summed E-state index contributed by atoms with van der Waals surface area (Å²) in [6, 6.07) is 5.32. The topological polar surface area (TPSA) is 108 Å². The van der Waals surface area contributed by atoms with Gasteiger partial charge in [0.2, 0.25) is 11.8 Å². The molecule has 0 radical (unpaired) electrons. The van der Waals surface area contributed by atoms with E-state index in [0.717, 1.165) is 24.8 Å². The lowest BCUT2D eigenvalue weighted by molar-refractivity contribution is -0.143. The van der Waals surface area contributed by atoms with Gasteiger partial charge in [-0.05, 0) is 51.7 Å². The number of carbonyl (C=O) groups is 3. The van der Waals surface area contributed by atoms with Crippen LogP contribution in [-0.4, -0.2) is 59.3 Å². The molecule has 186 valence electrons. The lowest BCUT2D eigenvalue weighted by Crippen LogP contribution is -2.54. The van der Waals surface area contributed by atoms with Gasteiger partial charge in [-0.15, -0.1) is 0 Å². The maximum absolute atomic E-state index is 13.5. The van der Waals surface area contributed by atoms with Crippen LogP contribution in [0.3, 0.4) is 0 Å². The molecule has 0 aliphatic heterocycles. The third-order valence-electron chi connectivity index (χ3n) is 5.04. The number of nitrogens with one attached hydrogen (secondary N) is 2. The van der Waals surface area contributed by atoms with Gasteiger partial charge >= 0.3 is 6.09 Å². The first-order valence-electron chi connectivity index (χ1n) is 11.8. The molecule has 8 nitrogen and oxygen atoms in total. The van der Waals surface area contributed by atoms with Gasteiger partial charge in [-0.2, -0.15) is 0 Å². The molecule has 0 aromatic heterocycles. The maximum atomic E-state index is 13.5. The zero-order chi connectivity index (χ0) is 25.0. The number of carbonyl (C=O) groups excluding carboxylic acids is 3. The van der Waals surface area contributed by atoms with E-state index in [2.05, 4.69) is 17.6 Å². The van der Waals surface area contributed by atoms with Gasteiger partial charge in [-0.1, -0.05) is 51.0 Å². The van der Waals surface area contributed by atoms with Crippen molar-refractivity contribution in [3.63, 3.8) is 0 Å². The second-order valence-electron chi connectivity index (χ2n) is 9.17. The summed E-state index contributed by atoms with van der Waals surface area (Å²) in [6.45, 7) is 11.2. The van der Waals surface area contributed by atoms with E-state index in [9.17, 15) is 19.5 Å². The number of rotatable bonds is 12. The highest BCUT2D eigenvalue weighted by molar-refractivity contribution is 5.92. The van der Waals surface area contributed by atoms with E-state index >= 15 is 0 Å². The summed E-state index contributed by atoms with van der Waals surface area (Å²) >= 11 is 0. The molecule has 8 heteroatoms. The molecule has 0 spiro atoms. The molecule has 0 aliphatic carbocycles. The number of unbranched alkanes of at least 4 members (excludes halogenated alkanes) is 2. The van der Waals surface area contributed by atoms with Crippen LogP contribution in [0.4, 0.5) is 4.79 Å². The minimum atomic E-state index is -1.23. The largest absolute Gasteiger partial charge is 0.444 e. The molecule has 0 bridgehead atoms. The number of amides is 3. The van der Waals surface area contributed by atoms with Crippen LogP contribution in [0.2, 0.25) is 0 Å². The lowest BCUT2D eigenvalue weighted by Gasteiger charge is -2.34. The molecule has 0 fully saturated rings. The standard InChI is InChI=1S/C25H41N3O5/c1-7-9-12-15-26-22(30)21(19-14-11-10-13-18(19)3)28(16-8-2)23(31)20(17-29)27-24(32)33-25(4,5)6/h10-11,13-14,20-21,29H,7-9,12,15-17H2,1-6H3,(H,26,30)(H,27,32).